The van der Waals surface area contributed by atoms with E-state index in [9.17, 15) is 14.4 Å². The van der Waals surface area contributed by atoms with Crippen LogP contribution in [0.15, 0.2) is 24.3 Å². The maximum atomic E-state index is 12.9. The number of nitrogens with one attached hydrogen (secondary N) is 2. The molecular formula is C22H27N3O5. The fraction of sp³-hybridized carbons (Fsp3) is 0.500. The van der Waals surface area contributed by atoms with Crippen LogP contribution in [-0.2, 0) is 24.6 Å². The van der Waals surface area contributed by atoms with Gasteiger partial charge in [-0.15, -0.1) is 0 Å². The molecule has 1 saturated heterocycles. The summed E-state index contributed by atoms with van der Waals surface area (Å²) >= 11 is 0. The van der Waals surface area contributed by atoms with E-state index in [2.05, 4.69) is 23.0 Å². The molecule has 4 rings (SSSR count). The smallest absolute Gasteiger partial charge is 0.355 e. The van der Waals surface area contributed by atoms with E-state index >= 15 is 0 Å². The number of amides is 2. The summed E-state index contributed by atoms with van der Waals surface area (Å²) in [5, 5.41) is 0.903. The molecule has 1 aromatic carbocycles. The van der Waals surface area contributed by atoms with Gasteiger partial charge >= 0.3 is 5.97 Å². The number of ether oxygens (including phenoxy) is 2. The number of carbonyl (C=O) groups is 3. The first-order valence-electron chi connectivity index (χ1n) is 10.4. The number of hydrazine groups is 1. The van der Waals surface area contributed by atoms with Gasteiger partial charge in [-0.05, 0) is 62.3 Å². The number of hydrogen-bond donors (Lipinski definition) is 2. The van der Waals surface area contributed by atoms with Crippen LogP contribution in [0.25, 0.3) is 10.9 Å². The zero-order valence-electron chi connectivity index (χ0n) is 17.3. The van der Waals surface area contributed by atoms with Gasteiger partial charge in [0, 0.05) is 31.0 Å². The Morgan fingerprint density at radius 3 is 2.53 bits per heavy atom. The Morgan fingerprint density at radius 2 is 1.90 bits per heavy atom. The van der Waals surface area contributed by atoms with Crippen molar-refractivity contribution in [2.75, 3.05) is 19.8 Å². The van der Waals surface area contributed by atoms with Gasteiger partial charge in [-0.2, -0.15) is 0 Å². The minimum atomic E-state index is -0.910. The fourth-order valence-electron chi connectivity index (χ4n) is 4.27. The number of carbonyl (C=O) groups excluding carboxylic acids is 3. The molecule has 1 aromatic heterocycles. The lowest BCUT2D eigenvalue weighted by molar-refractivity contribution is -0.130. The Balaban J connectivity index is 1.76. The summed E-state index contributed by atoms with van der Waals surface area (Å²) in [6.45, 7) is 4.84. The molecular weight excluding hydrogens is 386 g/mol. The largest absolute Gasteiger partial charge is 0.461 e. The van der Waals surface area contributed by atoms with Gasteiger partial charge in [-0.3, -0.25) is 20.4 Å². The highest BCUT2D eigenvalue weighted by Crippen LogP contribution is 2.47. The van der Waals surface area contributed by atoms with Gasteiger partial charge in [0.2, 0.25) is 5.91 Å². The molecule has 8 heteroatoms. The molecule has 0 bridgehead atoms. The third-order valence-electron chi connectivity index (χ3n) is 5.93. The standard InChI is InChI=1S/C22H27N3O5/c1-3-30-20(27)19-13-17-12-16(15-6-10-29-11-7-15)4-5-18(17)25(19)22(8-9-22)21(28)24-23-14(2)26/h4-5,12-13,15H,3,6-11H2,1-2H3,(H,23,26)(H,24,28). The van der Waals surface area contributed by atoms with Crippen LogP contribution < -0.4 is 10.9 Å². The molecule has 0 spiro atoms. The van der Waals surface area contributed by atoms with Gasteiger partial charge in [0.15, 0.2) is 0 Å². The minimum absolute atomic E-state index is 0.249. The van der Waals surface area contributed by atoms with Crippen LogP contribution in [-0.4, -0.2) is 42.2 Å². The van der Waals surface area contributed by atoms with Crippen LogP contribution in [0.1, 0.15) is 61.5 Å². The number of esters is 1. The molecule has 160 valence electrons. The van der Waals surface area contributed by atoms with Gasteiger partial charge < -0.3 is 14.0 Å². The molecule has 1 aliphatic heterocycles. The quantitative estimate of drug-likeness (QED) is 0.579. The second kappa shape index (κ2) is 8.10. The Kier molecular flexibility index (Phi) is 5.51. The molecule has 2 N–H and O–H groups in total. The van der Waals surface area contributed by atoms with Crippen molar-refractivity contribution in [1.29, 1.82) is 0 Å². The average molecular weight is 413 g/mol. The average Bonchev–Trinajstić information content (AvgIpc) is 3.46. The van der Waals surface area contributed by atoms with Crippen molar-refractivity contribution in [3.8, 4) is 0 Å². The highest BCUT2D eigenvalue weighted by molar-refractivity contribution is 5.99. The molecule has 30 heavy (non-hydrogen) atoms. The number of nitrogens with zero attached hydrogens (tertiary/aromatic N) is 1. The zero-order valence-corrected chi connectivity index (χ0v) is 17.3. The van der Waals surface area contributed by atoms with Gasteiger partial charge in [0.1, 0.15) is 11.2 Å². The van der Waals surface area contributed by atoms with E-state index in [-0.39, 0.29) is 18.4 Å². The van der Waals surface area contributed by atoms with Crippen LogP contribution >= 0.6 is 0 Å². The summed E-state index contributed by atoms with van der Waals surface area (Å²) in [4.78, 5) is 36.9. The molecule has 2 aliphatic rings. The summed E-state index contributed by atoms with van der Waals surface area (Å²) in [5.74, 6) is -0.729. The maximum absolute atomic E-state index is 12.9. The Bertz CT molecular complexity index is 986. The third-order valence-corrected chi connectivity index (χ3v) is 5.93. The number of hydrogen-bond acceptors (Lipinski definition) is 5. The monoisotopic (exact) mass is 413 g/mol. The molecule has 2 aromatic rings. The van der Waals surface area contributed by atoms with Crippen LogP contribution in [0.2, 0.25) is 0 Å². The van der Waals surface area contributed by atoms with E-state index in [0.717, 1.165) is 37.0 Å². The van der Waals surface area contributed by atoms with Crippen molar-refractivity contribution in [2.45, 2.75) is 51.0 Å². The van der Waals surface area contributed by atoms with Crippen LogP contribution in [0.4, 0.5) is 0 Å². The van der Waals surface area contributed by atoms with Crippen molar-refractivity contribution >= 4 is 28.7 Å². The predicted octanol–water partition coefficient (Wildman–Crippen LogP) is 2.37. The fourth-order valence-corrected chi connectivity index (χ4v) is 4.27. The molecule has 2 amide bonds. The van der Waals surface area contributed by atoms with Crippen molar-refractivity contribution < 1.29 is 23.9 Å². The van der Waals surface area contributed by atoms with Gasteiger partial charge in [0.25, 0.3) is 5.91 Å². The van der Waals surface area contributed by atoms with Crippen LogP contribution in [0, 0.1) is 0 Å². The molecule has 2 heterocycles. The predicted molar refractivity (Wildman–Crippen MR) is 110 cm³/mol. The number of fused-ring (bicyclic) bond motifs is 1. The highest BCUT2D eigenvalue weighted by Gasteiger charge is 2.54. The maximum Gasteiger partial charge on any atom is 0.355 e. The second-order valence-corrected chi connectivity index (χ2v) is 7.96. The summed E-state index contributed by atoms with van der Waals surface area (Å²) in [7, 11) is 0. The molecule has 0 atom stereocenters. The van der Waals surface area contributed by atoms with Gasteiger partial charge in [0.05, 0.1) is 6.61 Å². The van der Waals surface area contributed by atoms with Crippen LogP contribution in [0.5, 0.6) is 0 Å². The SMILES string of the molecule is CCOC(=O)c1cc2cc(C3CCOCC3)ccc2n1C1(C(=O)NNC(C)=O)CC1. The number of aromatic nitrogens is 1. The van der Waals surface area contributed by atoms with E-state index in [1.54, 1.807) is 11.5 Å². The summed E-state index contributed by atoms with van der Waals surface area (Å²) in [6.07, 6.45) is 3.10. The van der Waals surface area contributed by atoms with E-state index in [0.29, 0.717) is 24.5 Å². The molecule has 1 aliphatic carbocycles. The lowest BCUT2D eigenvalue weighted by Gasteiger charge is -2.23. The van der Waals surface area contributed by atoms with Gasteiger partial charge in [-0.25, -0.2) is 4.79 Å². The van der Waals surface area contributed by atoms with Crippen molar-refractivity contribution in [3.63, 3.8) is 0 Å². The Hall–Kier alpha value is -2.87. The topological polar surface area (TPSA) is 98.7 Å². The van der Waals surface area contributed by atoms with E-state index in [1.807, 2.05) is 12.1 Å². The molecule has 1 saturated carbocycles. The van der Waals surface area contributed by atoms with Crippen molar-refractivity contribution in [1.82, 2.24) is 15.4 Å². The van der Waals surface area contributed by atoms with E-state index < -0.39 is 11.5 Å². The first kappa shape index (κ1) is 20.4. The lowest BCUT2D eigenvalue weighted by atomic mass is 9.91. The summed E-state index contributed by atoms with van der Waals surface area (Å²) in [5.41, 5.74) is 6.29. The number of rotatable bonds is 5. The van der Waals surface area contributed by atoms with E-state index in [4.69, 9.17) is 9.47 Å². The molecule has 8 nitrogen and oxygen atoms in total. The van der Waals surface area contributed by atoms with Crippen molar-refractivity contribution in [2.24, 2.45) is 0 Å². The van der Waals surface area contributed by atoms with E-state index in [1.165, 1.54) is 12.5 Å². The molecule has 0 unspecified atom stereocenters. The second-order valence-electron chi connectivity index (χ2n) is 7.96. The molecule has 2 fully saturated rings. The zero-order chi connectivity index (χ0) is 21.3. The summed E-state index contributed by atoms with van der Waals surface area (Å²) in [6, 6.07) is 7.97. The normalized spacial score (nSPS) is 18.1. The first-order valence-corrected chi connectivity index (χ1v) is 10.4. The first-order chi connectivity index (χ1) is 14.5. The van der Waals surface area contributed by atoms with Gasteiger partial charge in [-0.1, -0.05) is 6.07 Å². The lowest BCUT2D eigenvalue weighted by Crippen LogP contribution is -2.48. The Labute approximate surface area is 174 Å². The van der Waals surface area contributed by atoms with Crippen molar-refractivity contribution in [3.05, 3.63) is 35.5 Å². The Morgan fingerprint density at radius 1 is 1.17 bits per heavy atom. The third kappa shape index (κ3) is 3.67. The summed E-state index contributed by atoms with van der Waals surface area (Å²) < 4.78 is 12.5. The molecule has 0 radical (unpaired) electrons. The minimum Gasteiger partial charge on any atom is -0.461 e. The van der Waals surface area contributed by atoms with Crippen LogP contribution in [0.3, 0.4) is 0 Å². The number of benzene rings is 1. The highest BCUT2D eigenvalue weighted by atomic mass is 16.5.